The van der Waals surface area contributed by atoms with E-state index in [0.717, 1.165) is 4.90 Å². The topological polar surface area (TPSA) is 101 Å². The molecule has 8 heteroatoms. The summed E-state index contributed by atoms with van der Waals surface area (Å²) in [6.07, 6.45) is 0. The number of rotatable bonds is 7. The zero-order valence-electron chi connectivity index (χ0n) is 11.7. The molecule has 1 aromatic rings. The summed E-state index contributed by atoms with van der Waals surface area (Å²) in [6, 6.07) is 4.06. The minimum absolute atomic E-state index is 0.166. The first kappa shape index (κ1) is 17.0. The molecule has 7 nitrogen and oxygen atoms in total. The molecule has 0 aromatic heterocycles. The molecule has 1 amide bonds. The van der Waals surface area contributed by atoms with Crippen molar-refractivity contribution in [3.05, 3.63) is 33.9 Å². The number of aliphatic carboxylic acids is 1. The number of thioether (sulfide) groups is 1. The molecule has 114 valence electrons. The quantitative estimate of drug-likeness (QED) is 0.471. The maximum absolute atomic E-state index is 12.4. The van der Waals surface area contributed by atoms with E-state index in [4.69, 9.17) is 5.11 Å². The Morgan fingerprint density at radius 3 is 2.52 bits per heavy atom. The number of carboxylic acids is 1. The van der Waals surface area contributed by atoms with Crippen molar-refractivity contribution in [2.75, 3.05) is 18.8 Å². The van der Waals surface area contributed by atoms with Crippen LogP contribution in [0, 0.1) is 10.1 Å². The molecule has 1 rings (SSSR count). The largest absolute Gasteiger partial charge is 0.480 e. The third-order valence-corrected chi connectivity index (χ3v) is 3.65. The SMILES string of the molecule is CCSc1ccc([N+](=O)[O-])cc1C(=O)N(CC)CC(=O)O. The highest BCUT2D eigenvalue weighted by Crippen LogP contribution is 2.27. The molecule has 0 spiro atoms. The maximum atomic E-state index is 12.4. The monoisotopic (exact) mass is 312 g/mol. The molecule has 21 heavy (non-hydrogen) atoms. The van der Waals surface area contributed by atoms with Gasteiger partial charge in [0.15, 0.2) is 0 Å². The van der Waals surface area contributed by atoms with Crippen LogP contribution in [0.3, 0.4) is 0 Å². The minimum atomic E-state index is -1.12. The first-order valence-corrected chi connectivity index (χ1v) is 7.31. The van der Waals surface area contributed by atoms with Gasteiger partial charge in [-0.2, -0.15) is 0 Å². The number of hydrogen-bond donors (Lipinski definition) is 1. The second-order valence-corrected chi connectivity index (χ2v) is 5.39. The van der Waals surface area contributed by atoms with Crippen LogP contribution in [0.15, 0.2) is 23.1 Å². The van der Waals surface area contributed by atoms with E-state index in [1.165, 1.54) is 30.0 Å². The van der Waals surface area contributed by atoms with Gasteiger partial charge in [0.1, 0.15) is 6.54 Å². The molecular formula is C13H16N2O5S. The lowest BCUT2D eigenvalue weighted by atomic mass is 10.1. The van der Waals surface area contributed by atoms with Crippen molar-refractivity contribution in [1.82, 2.24) is 4.90 Å². The molecule has 0 bridgehead atoms. The normalized spacial score (nSPS) is 10.2. The molecule has 0 unspecified atom stereocenters. The van der Waals surface area contributed by atoms with Crippen LogP contribution in [-0.4, -0.2) is 45.6 Å². The molecule has 0 fully saturated rings. The number of nitro groups is 1. The van der Waals surface area contributed by atoms with E-state index in [9.17, 15) is 19.7 Å². The number of carboxylic acid groups (broad SMARTS) is 1. The Balaban J connectivity index is 3.22. The predicted octanol–water partition coefficient (Wildman–Crippen LogP) is 2.25. The number of likely N-dealkylation sites (N-methyl/N-ethyl adjacent to an activating group) is 1. The summed E-state index contributed by atoms with van der Waals surface area (Å²) in [5.74, 6) is -0.941. The Bertz CT molecular complexity index is 561. The Morgan fingerprint density at radius 1 is 1.38 bits per heavy atom. The van der Waals surface area contributed by atoms with E-state index in [1.54, 1.807) is 6.92 Å². The fraction of sp³-hybridized carbons (Fsp3) is 0.385. The minimum Gasteiger partial charge on any atom is -0.480 e. The van der Waals surface area contributed by atoms with Crippen molar-refractivity contribution < 1.29 is 19.6 Å². The number of hydrogen-bond acceptors (Lipinski definition) is 5. The van der Waals surface area contributed by atoms with Crippen LogP contribution < -0.4 is 0 Å². The van der Waals surface area contributed by atoms with E-state index in [1.807, 2.05) is 6.92 Å². The number of benzene rings is 1. The van der Waals surface area contributed by atoms with Gasteiger partial charge in [-0.1, -0.05) is 6.92 Å². The van der Waals surface area contributed by atoms with E-state index < -0.39 is 23.3 Å². The highest BCUT2D eigenvalue weighted by atomic mass is 32.2. The number of nitrogens with zero attached hydrogens (tertiary/aromatic N) is 2. The van der Waals surface area contributed by atoms with Gasteiger partial charge in [-0.3, -0.25) is 19.7 Å². The second-order valence-electron chi connectivity index (χ2n) is 4.08. The van der Waals surface area contributed by atoms with Crippen LogP contribution >= 0.6 is 11.8 Å². The summed E-state index contributed by atoms with van der Waals surface area (Å²) < 4.78 is 0. The van der Waals surface area contributed by atoms with Gasteiger partial charge < -0.3 is 10.0 Å². The van der Waals surface area contributed by atoms with Crippen LogP contribution in [0.2, 0.25) is 0 Å². The number of carbonyl (C=O) groups is 2. The third-order valence-electron chi connectivity index (χ3n) is 2.70. The zero-order valence-corrected chi connectivity index (χ0v) is 12.6. The van der Waals surface area contributed by atoms with Crippen LogP contribution in [-0.2, 0) is 4.79 Å². The number of non-ortho nitro benzene ring substituents is 1. The van der Waals surface area contributed by atoms with Crippen molar-refractivity contribution in [3.63, 3.8) is 0 Å². The van der Waals surface area contributed by atoms with Crippen LogP contribution in [0.4, 0.5) is 5.69 Å². The smallest absolute Gasteiger partial charge is 0.323 e. The zero-order chi connectivity index (χ0) is 16.0. The van der Waals surface area contributed by atoms with Gasteiger partial charge in [-0.05, 0) is 18.7 Å². The molecule has 1 aromatic carbocycles. The molecule has 0 radical (unpaired) electrons. The molecule has 0 aliphatic rings. The van der Waals surface area contributed by atoms with Gasteiger partial charge in [0.25, 0.3) is 11.6 Å². The van der Waals surface area contributed by atoms with Gasteiger partial charge >= 0.3 is 5.97 Å². The lowest BCUT2D eigenvalue weighted by molar-refractivity contribution is -0.384. The average molecular weight is 312 g/mol. The molecule has 0 atom stereocenters. The van der Waals surface area contributed by atoms with Crippen molar-refractivity contribution in [2.24, 2.45) is 0 Å². The highest BCUT2D eigenvalue weighted by molar-refractivity contribution is 7.99. The maximum Gasteiger partial charge on any atom is 0.323 e. The van der Waals surface area contributed by atoms with Gasteiger partial charge in [0, 0.05) is 23.6 Å². The highest BCUT2D eigenvalue weighted by Gasteiger charge is 2.22. The Morgan fingerprint density at radius 2 is 2.05 bits per heavy atom. The summed E-state index contributed by atoms with van der Waals surface area (Å²) in [7, 11) is 0. The Hall–Kier alpha value is -2.09. The van der Waals surface area contributed by atoms with E-state index in [2.05, 4.69) is 0 Å². The Labute approximate surface area is 126 Å². The fourth-order valence-electron chi connectivity index (χ4n) is 1.74. The van der Waals surface area contributed by atoms with E-state index in [0.29, 0.717) is 10.6 Å². The van der Waals surface area contributed by atoms with Crippen molar-refractivity contribution in [1.29, 1.82) is 0 Å². The first-order valence-electron chi connectivity index (χ1n) is 6.33. The second kappa shape index (κ2) is 7.63. The predicted molar refractivity (Wildman–Crippen MR) is 78.7 cm³/mol. The molecule has 0 saturated carbocycles. The summed E-state index contributed by atoms with van der Waals surface area (Å²) in [5, 5.41) is 19.7. The average Bonchev–Trinajstić information content (AvgIpc) is 2.44. The molecule has 0 saturated heterocycles. The number of amides is 1. The molecule has 0 aliphatic heterocycles. The lowest BCUT2D eigenvalue weighted by Gasteiger charge is -2.20. The fourth-order valence-corrected chi connectivity index (χ4v) is 2.52. The van der Waals surface area contributed by atoms with Crippen molar-refractivity contribution in [3.8, 4) is 0 Å². The molecule has 0 aliphatic carbocycles. The third kappa shape index (κ3) is 4.45. The van der Waals surface area contributed by atoms with Gasteiger partial charge in [-0.15, -0.1) is 11.8 Å². The van der Waals surface area contributed by atoms with Gasteiger partial charge in [0.2, 0.25) is 0 Å². The van der Waals surface area contributed by atoms with E-state index >= 15 is 0 Å². The molecular weight excluding hydrogens is 296 g/mol. The summed E-state index contributed by atoms with van der Waals surface area (Å²) >= 11 is 1.38. The van der Waals surface area contributed by atoms with E-state index in [-0.39, 0.29) is 17.8 Å². The van der Waals surface area contributed by atoms with Gasteiger partial charge in [-0.25, -0.2) is 0 Å². The van der Waals surface area contributed by atoms with Crippen LogP contribution in [0.1, 0.15) is 24.2 Å². The Kier molecular flexibility index (Phi) is 6.16. The van der Waals surface area contributed by atoms with Crippen LogP contribution in [0.25, 0.3) is 0 Å². The summed E-state index contributed by atoms with van der Waals surface area (Å²) in [6.45, 7) is 3.33. The number of carbonyl (C=O) groups excluding carboxylic acids is 1. The number of nitro benzene ring substituents is 1. The first-order chi connectivity index (χ1) is 9.90. The summed E-state index contributed by atoms with van der Waals surface area (Å²) in [5.41, 5.74) is -0.0238. The van der Waals surface area contributed by atoms with Crippen molar-refractivity contribution in [2.45, 2.75) is 18.7 Å². The summed E-state index contributed by atoms with van der Waals surface area (Å²) in [4.78, 5) is 35.2. The van der Waals surface area contributed by atoms with Crippen LogP contribution in [0.5, 0.6) is 0 Å². The molecule has 0 heterocycles. The molecule has 1 N–H and O–H groups in total. The van der Waals surface area contributed by atoms with Gasteiger partial charge in [0.05, 0.1) is 10.5 Å². The standard InChI is InChI=1S/C13H16N2O5S/c1-3-14(8-12(16)17)13(18)10-7-9(15(19)20)5-6-11(10)21-4-2/h5-7H,3-4,8H2,1-2H3,(H,16,17). The van der Waals surface area contributed by atoms with Crippen molar-refractivity contribution >= 4 is 29.3 Å². The lowest BCUT2D eigenvalue weighted by Crippen LogP contribution is -2.35.